The molecule has 2 heterocycles. The predicted molar refractivity (Wildman–Crippen MR) is 121 cm³/mol. The van der Waals surface area contributed by atoms with Gasteiger partial charge in [-0.2, -0.15) is 4.98 Å². The van der Waals surface area contributed by atoms with Crippen LogP contribution in [0.25, 0.3) is 0 Å². The van der Waals surface area contributed by atoms with Crippen molar-refractivity contribution in [2.24, 2.45) is 0 Å². The summed E-state index contributed by atoms with van der Waals surface area (Å²) in [6, 6.07) is 12.1. The quantitative estimate of drug-likeness (QED) is 0.590. The highest BCUT2D eigenvalue weighted by molar-refractivity contribution is 6.28. The number of nitrogens with zero attached hydrogens (tertiary/aromatic N) is 4. The molecule has 0 unspecified atom stereocenters. The second kappa shape index (κ2) is 8.72. The molecule has 0 fully saturated rings. The zero-order valence-corrected chi connectivity index (χ0v) is 18.4. The first kappa shape index (κ1) is 21.4. The molecule has 1 aliphatic heterocycles. The van der Waals surface area contributed by atoms with Gasteiger partial charge in [-0.05, 0) is 35.9 Å². The van der Waals surface area contributed by atoms with E-state index in [1.54, 1.807) is 48.3 Å². The molecule has 2 aromatic carbocycles. The molecule has 9 nitrogen and oxygen atoms in total. The molecule has 0 saturated carbocycles. The van der Waals surface area contributed by atoms with Crippen LogP contribution in [0.2, 0.25) is 5.28 Å². The molecule has 32 heavy (non-hydrogen) atoms. The molecule has 4 rings (SSSR count). The largest absolute Gasteiger partial charge is 0.493 e. The van der Waals surface area contributed by atoms with Gasteiger partial charge < -0.3 is 19.7 Å². The summed E-state index contributed by atoms with van der Waals surface area (Å²) in [6.07, 6.45) is 1.44. The van der Waals surface area contributed by atoms with Gasteiger partial charge in [0.2, 0.25) is 11.2 Å². The lowest BCUT2D eigenvalue weighted by Gasteiger charge is -2.23. The lowest BCUT2D eigenvalue weighted by Crippen LogP contribution is -2.38. The van der Waals surface area contributed by atoms with Gasteiger partial charge in [0.05, 0.1) is 31.7 Å². The van der Waals surface area contributed by atoms with Crippen molar-refractivity contribution in [3.05, 3.63) is 59.5 Å². The summed E-state index contributed by atoms with van der Waals surface area (Å²) in [5.74, 6) is 0.672. The van der Waals surface area contributed by atoms with E-state index in [0.29, 0.717) is 39.9 Å². The minimum Gasteiger partial charge on any atom is -0.493 e. The van der Waals surface area contributed by atoms with Crippen molar-refractivity contribution in [3.8, 4) is 11.5 Å². The monoisotopic (exact) mass is 453 g/mol. The van der Waals surface area contributed by atoms with E-state index in [2.05, 4.69) is 15.3 Å². The van der Waals surface area contributed by atoms with Gasteiger partial charge in [0.15, 0.2) is 17.3 Å². The highest BCUT2D eigenvalue weighted by atomic mass is 35.5. The van der Waals surface area contributed by atoms with Crippen LogP contribution in [-0.4, -0.2) is 49.6 Å². The first-order chi connectivity index (χ1) is 15.4. The van der Waals surface area contributed by atoms with Crippen LogP contribution in [0.1, 0.15) is 10.4 Å². The van der Waals surface area contributed by atoms with E-state index in [1.165, 1.54) is 25.3 Å². The van der Waals surface area contributed by atoms with Crippen LogP contribution in [0, 0.1) is 0 Å². The fraction of sp³-hybridized carbons (Fsp3) is 0.182. The van der Waals surface area contributed by atoms with E-state index in [4.69, 9.17) is 21.1 Å². The van der Waals surface area contributed by atoms with Gasteiger partial charge in [-0.3, -0.25) is 14.5 Å². The van der Waals surface area contributed by atoms with Crippen LogP contribution in [0.4, 0.5) is 22.9 Å². The molecule has 1 aliphatic rings. The maximum absolute atomic E-state index is 13.4. The molecule has 0 aliphatic carbocycles. The van der Waals surface area contributed by atoms with Crippen LogP contribution >= 0.6 is 11.6 Å². The summed E-state index contributed by atoms with van der Waals surface area (Å²) in [7, 11) is 4.82. The van der Waals surface area contributed by atoms with Crippen molar-refractivity contribution in [2.75, 3.05) is 42.9 Å². The molecule has 0 bridgehead atoms. The molecule has 3 aromatic rings. The van der Waals surface area contributed by atoms with Gasteiger partial charge in [0, 0.05) is 18.8 Å². The zero-order chi connectivity index (χ0) is 22.8. The van der Waals surface area contributed by atoms with E-state index in [1.807, 2.05) is 6.07 Å². The maximum atomic E-state index is 13.4. The Kier molecular flexibility index (Phi) is 5.83. The number of halogens is 1. The number of rotatable bonds is 5. The van der Waals surface area contributed by atoms with E-state index in [9.17, 15) is 9.59 Å². The Morgan fingerprint density at radius 2 is 1.84 bits per heavy atom. The number of carbonyl (C=O) groups excluding carboxylic acids is 2. The number of fused-ring (bicyclic) bond motifs is 2. The van der Waals surface area contributed by atoms with Gasteiger partial charge in [-0.25, -0.2) is 4.98 Å². The molecule has 0 saturated heterocycles. The molecule has 1 N–H and O–H groups in total. The number of benzene rings is 2. The van der Waals surface area contributed by atoms with E-state index in [-0.39, 0.29) is 17.7 Å². The molecule has 164 valence electrons. The molecule has 0 atom stereocenters. The Morgan fingerprint density at radius 3 is 2.59 bits per heavy atom. The Labute approximate surface area is 189 Å². The number of ether oxygens (including phenoxy) is 2. The second-order valence-electron chi connectivity index (χ2n) is 6.93. The second-order valence-corrected chi connectivity index (χ2v) is 7.27. The smallest absolute Gasteiger partial charge is 0.261 e. The fourth-order valence-electron chi connectivity index (χ4n) is 3.51. The summed E-state index contributed by atoms with van der Waals surface area (Å²) < 4.78 is 10.5. The molecular weight excluding hydrogens is 434 g/mol. The number of carbonyl (C=O) groups is 2. The van der Waals surface area contributed by atoms with Crippen molar-refractivity contribution >= 4 is 46.3 Å². The summed E-state index contributed by atoms with van der Waals surface area (Å²) in [4.78, 5) is 37.7. The highest BCUT2D eigenvalue weighted by Crippen LogP contribution is 2.38. The average Bonchev–Trinajstić information content (AvgIpc) is 2.88. The SMILES string of the molecule is COc1ccc(NC(=O)CN2C(=O)c3ccccc3N(C)c3nc(Cl)ncc32)cc1OC. The van der Waals surface area contributed by atoms with E-state index >= 15 is 0 Å². The van der Waals surface area contributed by atoms with Gasteiger partial charge in [-0.15, -0.1) is 0 Å². The van der Waals surface area contributed by atoms with Crippen molar-refractivity contribution in [3.63, 3.8) is 0 Å². The number of nitrogens with one attached hydrogen (secondary N) is 1. The topological polar surface area (TPSA) is 96.9 Å². The Bertz CT molecular complexity index is 1200. The zero-order valence-electron chi connectivity index (χ0n) is 17.6. The summed E-state index contributed by atoms with van der Waals surface area (Å²) in [5.41, 5.74) is 1.96. The van der Waals surface area contributed by atoms with Gasteiger partial charge in [0.1, 0.15) is 12.2 Å². The third kappa shape index (κ3) is 3.90. The van der Waals surface area contributed by atoms with Crippen LogP contribution in [0.3, 0.4) is 0 Å². The third-order valence-electron chi connectivity index (χ3n) is 5.04. The van der Waals surface area contributed by atoms with Crippen LogP contribution in [-0.2, 0) is 4.79 Å². The number of hydrogen-bond donors (Lipinski definition) is 1. The van der Waals surface area contributed by atoms with Crippen molar-refractivity contribution < 1.29 is 19.1 Å². The van der Waals surface area contributed by atoms with E-state index in [0.717, 1.165) is 0 Å². The first-order valence-corrected chi connectivity index (χ1v) is 9.99. The number of aromatic nitrogens is 2. The molecule has 0 spiro atoms. The number of anilines is 4. The molecule has 1 aromatic heterocycles. The number of para-hydroxylation sites is 1. The van der Waals surface area contributed by atoms with Gasteiger partial charge in [0.25, 0.3) is 5.91 Å². The first-order valence-electron chi connectivity index (χ1n) is 9.62. The minimum absolute atomic E-state index is 0.0390. The van der Waals surface area contributed by atoms with Gasteiger partial charge >= 0.3 is 0 Å². The average molecular weight is 454 g/mol. The molecular formula is C22H20ClN5O4. The van der Waals surface area contributed by atoms with Crippen molar-refractivity contribution in [1.29, 1.82) is 0 Å². The van der Waals surface area contributed by atoms with Crippen LogP contribution in [0.15, 0.2) is 48.7 Å². The lowest BCUT2D eigenvalue weighted by atomic mass is 10.1. The molecule has 0 radical (unpaired) electrons. The fourth-order valence-corrected chi connectivity index (χ4v) is 3.64. The third-order valence-corrected chi connectivity index (χ3v) is 5.22. The normalized spacial score (nSPS) is 12.6. The van der Waals surface area contributed by atoms with E-state index < -0.39 is 5.91 Å². The van der Waals surface area contributed by atoms with Crippen molar-refractivity contribution in [1.82, 2.24) is 9.97 Å². The van der Waals surface area contributed by atoms with Gasteiger partial charge in [-0.1, -0.05) is 12.1 Å². The number of methoxy groups -OCH3 is 2. The lowest BCUT2D eigenvalue weighted by molar-refractivity contribution is -0.114. The summed E-state index contributed by atoms with van der Waals surface area (Å²) >= 11 is 6.02. The number of amides is 2. The summed E-state index contributed by atoms with van der Waals surface area (Å²) in [5, 5.41) is 2.82. The minimum atomic E-state index is -0.409. The number of hydrogen-bond acceptors (Lipinski definition) is 7. The molecule has 2 amide bonds. The predicted octanol–water partition coefficient (Wildman–Crippen LogP) is 3.51. The highest BCUT2D eigenvalue weighted by Gasteiger charge is 2.32. The Morgan fingerprint density at radius 1 is 1.09 bits per heavy atom. The summed E-state index contributed by atoms with van der Waals surface area (Å²) in [6.45, 7) is -0.257. The Hall–Kier alpha value is -3.85. The van der Waals surface area contributed by atoms with Crippen LogP contribution in [0.5, 0.6) is 11.5 Å². The molecule has 10 heteroatoms. The Balaban J connectivity index is 1.67. The van der Waals surface area contributed by atoms with Crippen LogP contribution < -0.4 is 24.6 Å². The van der Waals surface area contributed by atoms with Crippen molar-refractivity contribution in [2.45, 2.75) is 0 Å². The standard InChI is InChI=1S/C22H20ClN5O4/c1-27-15-7-5-4-6-14(15)21(30)28(16-11-24-22(23)26-20(16)27)12-19(29)25-13-8-9-17(31-2)18(10-13)32-3/h4-11H,12H2,1-3H3,(H,25,29). The maximum Gasteiger partial charge on any atom is 0.261 e.